The van der Waals surface area contributed by atoms with E-state index in [0.717, 1.165) is 11.4 Å². The van der Waals surface area contributed by atoms with Crippen molar-refractivity contribution in [3.63, 3.8) is 0 Å². The zero-order valence-corrected chi connectivity index (χ0v) is 8.20. The van der Waals surface area contributed by atoms with E-state index in [1.807, 2.05) is 24.6 Å². The summed E-state index contributed by atoms with van der Waals surface area (Å²) in [5, 5.41) is 4.37. The van der Waals surface area contributed by atoms with Crippen LogP contribution in [0.4, 0.5) is 0 Å². The van der Waals surface area contributed by atoms with E-state index in [2.05, 4.69) is 18.9 Å². The van der Waals surface area contributed by atoms with Gasteiger partial charge in [-0.15, -0.1) is 0 Å². The summed E-state index contributed by atoms with van der Waals surface area (Å²) in [5.74, 6) is 0. The third-order valence-electron chi connectivity index (χ3n) is 1.84. The lowest BCUT2D eigenvalue weighted by Crippen LogP contribution is -2.14. The van der Waals surface area contributed by atoms with Gasteiger partial charge in [-0.25, -0.2) is 0 Å². The van der Waals surface area contributed by atoms with E-state index in [1.54, 1.807) is 0 Å². The largest absolute Gasteiger partial charge is 0.323 e. The van der Waals surface area contributed by atoms with Crippen LogP contribution in [0.15, 0.2) is 6.07 Å². The number of hydrogen-bond acceptors (Lipinski definition) is 2. The number of rotatable bonds is 2. The van der Waals surface area contributed by atoms with Gasteiger partial charge >= 0.3 is 0 Å². The molecule has 0 aliphatic carbocycles. The normalized spacial score (nSPS) is 13.8. The van der Waals surface area contributed by atoms with Gasteiger partial charge in [0.05, 0.1) is 11.4 Å². The van der Waals surface area contributed by atoms with Crippen molar-refractivity contribution in [1.82, 2.24) is 9.78 Å². The highest BCUT2D eigenvalue weighted by Crippen LogP contribution is 2.15. The fourth-order valence-electron chi connectivity index (χ4n) is 1.29. The lowest BCUT2D eigenvalue weighted by atomic mass is 10.2. The third kappa shape index (κ3) is 1.67. The lowest BCUT2D eigenvalue weighted by molar-refractivity contribution is 0.492. The Morgan fingerprint density at radius 3 is 2.33 bits per heavy atom. The van der Waals surface area contributed by atoms with Gasteiger partial charge in [0.15, 0.2) is 0 Å². The molecule has 0 saturated heterocycles. The highest BCUT2D eigenvalue weighted by molar-refractivity contribution is 5.12. The van der Waals surface area contributed by atoms with Crippen molar-refractivity contribution in [3.8, 4) is 0 Å². The van der Waals surface area contributed by atoms with Crippen LogP contribution in [0.3, 0.4) is 0 Å². The van der Waals surface area contributed by atoms with Gasteiger partial charge in [0, 0.05) is 12.1 Å². The van der Waals surface area contributed by atoms with Crippen LogP contribution in [0.2, 0.25) is 0 Å². The molecule has 0 unspecified atom stereocenters. The topological polar surface area (TPSA) is 43.8 Å². The molecule has 0 saturated carbocycles. The Morgan fingerprint density at radius 2 is 2.00 bits per heavy atom. The minimum atomic E-state index is 0.0635. The van der Waals surface area contributed by atoms with Crippen molar-refractivity contribution in [2.45, 2.75) is 39.8 Å². The van der Waals surface area contributed by atoms with Gasteiger partial charge in [-0.2, -0.15) is 5.10 Å². The summed E-state index contributed by atoms with van der Waals surface area (Å²) in [6.07, 6.45) is 0. The second-order valence-electron chi connectivity index (χ2n) is 3.54. The summed E-state index contributed by atoms with van der Waals surface area (Å²) >= 11 is 0. The average Bonchev–Trinajstić information content (AvgIpc) is 2.31. The van der Waals surface area contributed by atoms with Crippen molar-refractivity contribution in [3.05, 3.63) is 17.5 Å². The summed E-state index contributed by atoms with van der Waals surface area (Å²) < 4.78 is 1.99. The van der Waals surface area contributed by atoms with Crippen molar-refractivity contribution in [1.29, 1.82) is 0 Å². The molecule has 0 spiro atoms. The summed E-state index contributed by atoms with van der Waals surface area (Å²) in [7, 11) is 0. The van der Waals surface area contributed by atoms with E-state index in [4.69, 9.17) is 5.73 Å². The van der Waals surface area contributed by atoms with Crippen LogP contribution >= 0.6 is 0 Å². The molecule has 0 aliphatic heterocycles. The first-order valence-electron chi connectivity index (χ1n) is 4.34. The molecule has 1 aromatic heterocycles. The summed E-state index contributed by atoms with van der Waals surface area (Å²) in [4.78, 5) is 0. The van der Waals surface area contributed by atoms with E-state index in [9.17, 15) is 0 Å². The van der Waals surface area contributed by atoms with Crippen molar-refractivity contribution >= 4 is 0 Å². The quantitative estimate of drug-likeness (QED) is 0.729. The number of aryl methyl sites for hydroxylation is 1. The Bertz CT molecular complexity index is 235. The molecule has 1 rings (SSSR count). The molecule has 0 amide bonds. The maximum Gasteiger partial charge on any atom is 0.0597 e. The molecule has 1 atom stereocenters. The highest BCUT2D eigenvalue weighted by atomic mass is 15.3. The summed E-state index contributed by atoms with van der Waals surface area (Å²) in [6.45, 7) is 8.19. The molecule has 1 aromatic rings. The van der Waals surface area contributed by atoms with E-state index >= 15 is 0 Å². The number of nitrogens with two attached hydrogens (primary N) is 1. The molecule has 3 heteroatoms. The van der Waals surface area contributed by atoms with Crippen LogP contribution in [0.5, 0.6) is 0 Å². The molecule has 0 fully saturated rings. The fraction of sp³-hybridized carbons (Fsp3) is 0.667. The summed E-state index contributed by atoms with van der Waals surface area (Å²) in [5.41, 5.74) is 7.96. The van der Waals surface area contributed by atoms with E-state index in [1.165, 1.54) is 0 Å². The van der Waals surface area contributed by atoms with Crippen molar-refractivity contribution < 1.29 is 0 Å². The van der Waals surface area contributed by atoms with E-state index in [0.29, 0.717) is 6.04 Å². The number of nitrogens with zero attached hydrogens (tertiary/aromatic N) is 2. The predicted octanol–water partition coefficient (Wildman–Crippen LogP) is 1.79. The molecule has 2 N–H and O–H groups in total. The third-order valence-corrected chi connectivity index (χ3v) is 1.84. The Hall–Kier alpha value is -0.830. The zero-order valence-electron chi connectivity index (χ0n) is 8.20. The van der Waals surface area contributed by atoms with Crippen molar-refractivity contribution in [2.24, 2.45) is 5.73 Å². The maximum atomic E-state index is 5.80. The molecule has 0 aromatic carbocycles. The van der Waals surface area contributed by atoms with Gasteiger partial charge < -0.3 is 5.73 Å². The molecule has 0 aliphatic rings. The first-order chi connectivity index (χ1) is 5.52. The lowest BCUT2D eigenvalue weighted by Gasteiger charge is -2.12. The van der Waals surface area contributed by atoms with Crippen LogP contribution in [-0.4, -0.2) is 9.78 Å². The van der Waals surface area contributed by atoms with Gasteiger partial charge in [-0.1, -0.05) is 0 Å². The average molecular weight is 167 g/mol. The first-order valence-corrected chi connectivity index (χ1v) is 4.34. The van der Waals surface area contributed by atoms with E-state index < -0.39 is 0 Å². The van der Waals surface area contributed by atoms with Crippen LogP contribution in [0.1, 0.15) is 44.2 Å². The van der Waals surface area contributed by atoms with Gasteiger partial charge in [0.25, 0.3) is 0 Å². The molecule has 3 nitrogen and oxygen atoms in total. The number of aromatic nitrogens is 2. The van der Waals surface area contributed by atoms with Gasteiger partial charge in [-0.05, 0) is 33.8 Å². The number of hydrogen-bond donors (Lipinski definition) is 1. The second kappa shape index (κ2) is 3.27. The molecular formula is C9H17N3. The van der Waals surface area contributed by atoms with E-state index in [-0.39, 0.29) is 6.04 Å². The zero-order chi connectivity index (χ0) is 9.30. The van der Waals surface area contributed by atoms with Crippen molar-refractivity contribution in [2.75, 3.05) is 0 Å². The van der Waals surface area contributed by atoms with Gasteiger partial charge in [0.2, 0.25) is 0 Å². The first kappa shape index (κ1) is 9.26. The minimum absolute atomic E-state index is 0.0635. The Balaban J connectivity index is 3.08. The Kier molecular flexibility index (Phi) is 2.52. The molecule has 12 heavy (non-hydrogen) atoms. The Labute approximate surface area is 73.6 Å². The summed E-state index contributed by atoms with van der Waals surface area (Å²) in [6, 6.07) is 2.50. The van der Waals surface area contributed by atoms with Crippen LogP contribution in [-0.2, 0) is 0 Å². The smallest absolute Gasteiger partial charge is 0.0597 e. The maximum absolute atomic E-state index is 5.80. The van der Waals surface area contributed by atoms with Crippen LogP contribution in [0, 0.1) is 6.92 Å². The molecule has 0 radical (unpaired) electrons. The monoisotopic (exact) mass is 167 g/mol. The van der Waals surface area contributed by atoms with Gasteiger partial charge in [0.1, 0.15) is 0 Å². The van der Waals surface area contributed by atoms with Crippen LogP contribution in [0.25, 0.3) is 0 Å². The molecule has 0 bridgehead atoms. The predicted molar refractivity (Wildman–Crippen MR) is 50.0 cm³/mol. The van der Waals surface area contributed by atoms with Crippen LogP contribution < -0.4 is 5.73 Å². The highest BCUT2D eigenvalue weighted by Gasteiger charge is 2.10. The standard InChI is InChI=1S/C9H17N3/c1-6(2)12-9(8(4)10)5-7(3)11-12/h5-6,8H,10H2,1-4H3/t8-/m1/s1. The molecular weight excluding hydrogens is 150 g/mol. The molecule has 68 valence electrons. The SMILES string of the molecule is Cc1cc([C@@H](C)N)n(C(C)C)n1. The van der Waals surface area contributed by atoms with Gasteiger partial charge in [-0.3, -0.25) is 4.68 Å². The minimum Gasteiger partial charge on any atom is -0.323 e. The molecule has 1 heterocycles. The fourth-order valence-corrected chi connectivity index (χ4v) is 1.29. The second-order valence-corrected chi connectivity index (χ2v) is 3.54. The Morgan fingerprint density at radius 1 is 1.42 bits per heavy atom.